The van der Waals surface area contributed by atoms with Crippen LogP contribution in [0.15, 0.2) is 53.0 Å². The van der Waals surface area contributed by atoms with Crippen molar-refractivity contribution in [1.82, 2.24) is 4.90 Å². The molecule has 1 N–H and O–H groups in total. The van der Waals surface area contributed by atoms with Crippen LogP contribution in [0.25, 0.3) is 0 Å². The molecule has 2 aromatic rings. The second-order valence-electron chi connectivity index (χ2n) is 5.31. The van der Waals surface area contributed by atoms with Crippen LogP contribution < -0.4 is 5.32 Å². The van der Waals surface area contributed by atoms with Gasteiger partial charge in [0.2, 0.25) is 0 Å². The summed E-state index contributed by atoms with van der Waals surface area (Å²) in [5.41, 5.74) is 1.32. The molecular formula is C17H16BrFN2O. The average Bonchev–Trinajstić information content (AvgIpc) is 3.00. The van der Waals surface area contributed by atoms with Crippen molar-refractivity contribution in [2.45, 2.75) is 18.9 Å². The molecule has 0 spiro atoms. The van der Waals surface area contributed by atoms with Crippen LogP contribution in [0.5, 0.6) is 0 Å². The van der Waals surface area contributed by atoms with E-state index in [1.165, 1.54) is 6.07 Å². The highest BCUT2D eigenvalue weighted by Gasteiger charge is 2.30. The number of likely N-dealkylation sites (tertiary alicyclic amines) is 1. The van der Waals surface area contributed by atoms with Gasteiger partial charge in [-0.2, -0.15) is 0 Å². The molecule has 1 heterocycles. The van der Waals surface area contributed by atoms with Gasteiger partial charge in [-0.3, -0.25) is 0 Å². The van der Waals surface area contributed by atoms with Gasteiger partial charge in [0.25, 0.3) is 0 Å². The Labute approximate surface area is 137 Å². The van der Waals surface area contributed by atoms with Crippen LogP contribution in [0, 0.1) is 5.82 Å². The van der Waals surface area contributed by atoms with E-state index in [1.807, 2.05) is 24.3 Å². The van der Waals surface area contributed by atoms with Crippen LogP contribution in [0.4, 0.5) is 14.9 Å². The van der Waals surface area contributed by atoms with Gasteiger partial charge < -0.3 is 10.2 Å². The highest BCUT2D eigenvalue weighted by molar-refractivity contribution is 9.10. The van der Waals surface area contributed by atoms with Crippen molar-refractivity contribution in [3.63, 3.8) is 0 Å². The van der Waals surface area contributed by atoms with Crippen molar-refractivity contribution in [2.75, 3.05) is 11.9 Å². The summed E-state index contributed by atoms with van der Waals surface area (Å²) in [6, 6.07) is 14.0. The van der Waals surface area contributed by atoms with Crippen molar-refractivity contribution < 1.29 is 9.18 Å². The predicted molar refractivity (Wildman–Crippen MR) is 88.2 cm³/mol. The molecule has 2 aromatic carbocycles. The number of carbonyl (C=O) groups is 1. The number of amides is 2. The number of halogens is 2. The molecule has 3 nitrogen and oxygen atoms in total. The van der Waals surface area contributed by atoms with Crippen LogP contribution >= 0.6 is 15.9 Å². The van der Waals surface area contributed by atoms with E-state index < -0.39 is 5.82 Å². The maximum Gasteiger partial charge on any atom is 0.322 e. The van der Waals surface area contributed by atoms with Gasteiger partial charge in [0.1, 0.15) is 5.82 Å². The second-order valence-corrected chi connectivity index (χ2v) is 6.23. The van der Waals surface area contributed by atoms with Crippen LogP contribution in [-0.4, -0.2) is 17.5 Å². The number of hydrogen-bond donors (Lipinski definition) is 1. The number of benzene rings is 2. The zero-order chi connectivity index (χ0) is 15.5. The Balaban J connectivity index is 1.76. The van der Waals surface area contributed by atoms with E-state index in [-0.39, 0.29) is 17.8 Å². The van der Waals surface area contributed by atoms with Gasteiger partial charge >= 0.3 is 6.03 Å². The first-order valence-electron chi connectivity index (χ1n) is 7.23. The van der Waals surface area contributed by atoms with Gasteiger partial charge in [-0.15, -0.1) is 0 Å². The molecule has 22 heavy (non-hydrogen) atoms. The molecule has 0 saturated carbocycles. The molecule has 1 saturated heterocycles. The highest BCUT2D eigenvalue weighted by atomic mass is 79.9. The Morgan fingerprint density at radius 1 is 1.18 bits per heavy atom. The average molecular weight is 363 g/mol. The fourth-order valence-electron chi connectivity index (χ4n) is 2.79. The maximum absolute atomic E-state index is 13.7. The Morgan fingerprint density at radius 3 is 2.64 bits per heavy atom. The monoisotopic (exact) mass is 362 g/mol. The van der Waals surface area contributed by atoms with Crippen molar-refractivity contribution in [1.29, 1.82) is 0 Å². The van der Waals surface area contributed by atoms with Crippen LogP contribution in [0.3, 0.4) is 0 Å². The number of para-hydroxylation sites is 1. The van der Waals surface area contributed by atoms with Crippen molar-refractivity contribution in [3.8, 4) is 0 Å². The minimum Gasteiger partial charge on any atom is -0.317 e. The largest absolute Gasteiger partial charge is 0.322 e. The number of nitrogens with zero attached hydrogens (tertiary/aromatic N) is 1. The summed E-state index contributed by atoms with van der Waals surface area (Å²) < 4.78 is 14.7. The molecule has 1 atom stereocenters. The van der Waals surface area contributed by atoms with Crippen molar-refractivity contribution >= 4 is 27.6 Å². The zero-order valence-corrected chi connectivity index (χ0v) is 13.5. The fourth-order valence-corrected chi connectivity index (χ4v) is 3.06. The first kappa shape index (κ1) is 15.0. The van der Waals surface area contributed by atoms with Crippen LogP contribution in [-0.2, 0) is 0 Å². The summed E-state index contributed by atoms with van der Waals surface area (Å²) in [5, 5.41) is 2.67. The third-order valence-corrected chi connectivity index (χ3v) is 4.41. The van der Waals surface area contributed by atoms with E-state index >= 15 is 0 Å². The van der Waals surface area contributed by atoms with E-state index in [2.05, 4.69) is 21.2 Å². The normalized spacial score (nSPS) is 17.5. The number of rotatable bonds is 2. The van der Waals surface area contributed by atoms with Crippen LogP contribution in [0.2, 0.25) is 0 Å². The standard InChI is InChI=1S/C17H16BrFN2O/c18-13-9-7-12(8-10-13)16-6-3-11-21(16)17(22)20-15-5-2-1-4-14(15)19/h1-2,4-5,7-10,16H,3,6,11H2,(H,20,22). The lowest BCUT2D eigenvalue weighted by Crippen LogP contribution is -2.34. The summed E-state index contributed by atoms with van der Waals surface area (Å²) in [5.74, 6) is -0.421. The lowest BCUT2D eigenvalue weighted by Gasteiger charge is -2.25. The smallest absolute Gasteiger partial charge is 0.317 e. The predicted octanol–water partition coefficient (Wildman–Crippen LogP) is 4.96. The summed E-state index contributed by atoms with van der Waals surface area (Å²) in [7, 11) is 0. The molecule has 0 radical (unpaired) electrons. The number of anilines is 1. The molecule has 0 aromatic heterocycles. The minimum atomic E-state index is -0.421. The molecule has 114 valence electrons. The first-order valence-corrected chi connectivity index (χ1v) is 8.02. The number of nitrogens with one attached hydrogen (secondary N) is 1. The Bertz CT molecular complexity index is 675. The van der Waals surface area contributed by atoms with E-state index in [1.54, 1.807) is 23.1 Å². The Hall–Kier alpha value is -1.88. The first-order chi connectivity index (χ1) is 10.6. The molecule has 1 aliphatic heterocycles. The molecule has 1 aliphatic rings. The third kappa shape index (κ3) is 3.14. The zero-order valence-electron chi connectivity index (χ0n) is 11.9. The minimum absolute atomic E-state index is 0.0415. The fraction of sp³-hybridized carbons (Fsp3) is 0.235. The quantitative estimate of drug-likeness (QED) is 0.804. The van der Waals surface area contributed by atoms with Gasteiger partial charge in [-0.25, -0.2) is 9.18 Å². The van der Waals surface area contributed by atoms with E-state index in [9.17, 15) is 9.18 Å². The topological polar surface area (TPSA) is 32.3 Å². The third-order valence-electron chi connectivity index (χ3n) is 3.88. The Morgan fingerprint density at radius 2 is 1.91 bits per heavy atom. The van der Waals surface area contributed by atoms with Gasteiger partial charge in [0.05, 0.1) is 11.7 Å². The summed E-state index contributed by atoms with van der Waals surface area (Å²) in [6.07, 6.45) is 1.87. The summed E-state index contributed by atoms with van der Waals surface area (Å²) >= 11 is 3.42. The van der Waals surface area contributed by atoms with E-state index in [0.29, 0.717) is 6.54 Å². The number of hydrogen-bond acceptors (Lipinski definition) is 1. The Kier molecular flexibility index (Phi) is 4.43. The lowest BCUT2D eigenvalue weighted by atomic mass is 10.1. The lowest BCUT2D eigenvalue weighted by molar-refractivity contribution is 0.207. The van der Waals surface area contributed by atoms with E-state index in [4.69, 9.17) is 0 Å². The molecule has 0 bridgehead atoms. The molecule has 2 amide bonds. The van der Waals surface area contributed by atoms with Gasteiger partial charge in [0.15, 0.2) is 0 Å². The maximum atomic E-state index is 13.7. The SMILES string of the molecule is O=C(Nc1ccccc1F)N1CCCC1c1ccc(Br)cc1. The molecule has 3 rings (SSSR count). The van der Waals surface area contributed by atoms with Gasteiger partial charge in [-0.05, 0) is 42.7 Å². The van der Waals surface area contributed by atoms with Crippen molar-refractivity contribution in [3.05, 3.63) is 64.4 Å². The molecule has 5 heteroatoms. The van der Waals surface area contributed by atoms with Crippen molar-refractivity contribution in [2.24, 2.45) is 0 Å². The number of carbonyl (C=O) groups excluding carboxylic acids is 1. The molecule has 1 fully saturated rings. The van der Waals surface area contributed by atoms with Gasteiger partial charge in [-0.1, -0.05) is 40.2 Å². The van der Waals surface area contributed by atoms with Crippen LogP contribution in [0.1, 0.15) is 24.4 Å². The molecule has 1 unspecified atom stereocenters. The second kappa shape index (κ2) is 6.48. The van der Waals surface area contributed by atoms with E-state index in [0.717, 1.165) is 22.9 Å². The molecular weight excluding hydrogens is 347 g/mol. The summed E-state index contributed by atoms with van der Waals surface area (Å²) in [6.45, 7) is 0.682. The molecule has 0 aliphatic carbocycles. The number of urea groups is 1. The highest BCUT2D eigenvalue weighted by Crippen LogP contribution is 2.33. The van der Waals surface area contributed by atoms with Gasteiger partial charge in [0, 0.05) is 11.0 Å². The summed E-state index contributed by atoms with van der Waals surface area (Å²) in [4.78, 5) is 14.2.